The molecule has 5 nitrogen and oxygen atoms in total. The van der Waals surface area contributed by atoms with Gasteiger partial charge in [-0.15, -0.1) is 0 Å². The van der Waals surface area contributed by atoms with E-state index in [9.17, 15) is 0 Å². The largest absolute Gasteiger partial charge is 0.490 e. The molecule has 0 radical (unpaired) electrons. The van der Waals surface area contributed by atoms with Gasteiger partial charge in [0.25, 0.3) is 0 Å². The monoisotopic (exact) mass is 419 g/mol. The van der Waals surface area contributed by atoms with E-state index in [1.165, 1.54) is 0 Å². The standard InChI is InChI=1S/C24H22ClN3O2/c1-3-29-23-13-17(15-27-24-6-4-5-16(2)28-24)7-10-22(23)30-21-11-12-26-20-14-18(25)8-9-19(20)21/h4-14H,3,15H2,1-2H3,(H,27,28). The summed E-state index contributed by atoms with van der Waals surface area (Å²) in [7, 11) is 0. The van der Waals surface area contributed by atoms with Gasteiger partial charge in [-0.1, -0.05) is 23.7 Å². The van der Waals surface area contributed by atoms with Crippen molar-refractivity contribution in [2.75, 3.05) is 11.9 Å². The highest BCUT2D eigenvalue weighted by Gasteiger charge is 2.11. The lowest BCUT2D eigenvalue weighted by Crippen LogP contribution is -2.03. The molecule has 0 aliphatic carbocycles. The van der Waals surface area contributed by atoms with E-state index in [1.807, 2.05) is 74.5 Å². The van der Waals surface area contributed by atoms with E-state index in [0.717, 1.165) is 28.0 Å². The molecule has 2 aromatic heterocycles. The molecule has 0 atom stereocenters. The molecule has 0 saturated carbocycles. The van der Waals surface area contributed by atoms with E-state index in [0.29, 0.717) is 35.4 Å². The van der Waals surface area contributed by atoms with Crippen LogP contribution in [0.3, 0.4) is 0 Å². The van der Waals surface area contributed by atoms with Gasteiger partial charge in [-0.25, -0.2) is 4.98 Å². The van der Waals surface area contributed by atoms with Gasteiger partial charge in [-0.2, -0.15) is 0 Å². The van der Waals surface area contributed by atoms with Crippen LogP contribution < -0.4 is 14.8 Å². The number of aryl methyl sites for hydroxylation is 1. The Hall–Kier alpha value is -3.31. The highest BCUT2D eigenvalue weighted by molar-refractivity contribution is 6.31. The van der Waals surface area contributed by atoms with Gasteiger partial charge in [0.15, 0.2) is 11.5 Å². The van der Waals surface area contributed by atoms with Crippen LogP contribution in [-0.2, 0) is 6.54 Å². The molecular formula is C24H22ClN3O2. The van der Waals surface area contributed by atoms with Gasteiger partial charge in [-0.3, -0.25) is 4.98 Å². The Morgan fingerprint density at radius 3 is 2.70 bits per heavy atom. The van der Waals surface area contributed by atoms with Crippen molar-refractivity contribution in [2.45, 2.75) is 20.4 Å². The number of fused-ring (bicyclic) bond motifs is 1. The lowest BCUT2D eigenvalue weighted by molar-refractivity contribution is 0.321. The van der Waals surface area contributed by atoms with E-state index in [4.69, 9.17) is 21.1 Å². The summed E-state index contributed by atoms with van der Waals surface area (Å²) in [6.07, 6.45) is 1.71. The highest BCUT2D eigenvalue weighted by Crippen LogP contribution is 2.36. The second-order valence-electron chi connectivity index (χ2n) is 6.80. The number of anilines is 1. The third kappa shape index (κ3) is 4.63. The summed E-state index contributed by atoms with van der Waals surface area (Å²) in [5.41, 5.74) is 2.83. The summed E-state index contributed by atoms with van der Waals surface area (Å²) in [6, 6.07) is 19.2. The quantitative estimate of drug-likeness (QED) is 0.376. The molecular weight excluding hydrogens is 398 g/mol. The number of pyridine rings is 2. The zero-order valence-electron chi connectivity index (χ0n) is 16.9. The Morgan fingerprint density at radius 2 is 1.87 bits per heavy atom. The van der Waals surface area contributed by atoms with E-state index < -0.39 is 0 Å². The number of rotatable bonds is 7. The molecule has 0 aliphatic rings. The van der Waals surface area contributed by atoms with Crippen molar-refractivity contribution in [3.05, 3.63) is 83.1 Å². The second kappa shape index (κ2) is 9.01. The maximum absolute atomic E-state index is 6.21. The number of ether oxygens (including phenoxy) is 2. The molecule has 0 fully saturated rings. The number of benzene rings is 2. The molecule has 152 valence electrons. The van der Waals surface area contributed by atoms with Crippen molar-refractivity contribution < 1.29 is 9.47 Å². The Bertz CT molecular complexity index is 1180. The van der Waals surface area contributed by atoms with Crippen LogP contribution in [0.15, 0.2) is 66.9 Å². The van der Waals surface area contributed by atoms with Gasteiger partial charge in [0.05, 0.1) is 12.1 Å². The first kappa shape index (κ1) is 20.0. The van der Waals surface area contributed by atoms with Gasteiger partial charge in [0.1, 0.15) is 11.6 Å². The van der Waals surface area contributed by atoms with E-state index >= 15 is 0 Å². The Labute approximate surface area is 180 Å². The molecule has 1 N–H and O–H groups in total. The predicted octanol–water partition coefficient (Wildman–Crippen LogP) is 6.39. The summed E-state index contributed by atoms with van der Waals surface area (Å²) in [5, 5.41) is 4.87. The summed E-state index contributed by atoms with van der Waals surface area (Å²) >= 11 is 6.09. The molecule has 0 spiro atoms. The first-order chi connectivity index (χ1) is 14.6. The molecule has 6 heteroatoms. The first-order valence-corrected chi connectivity index (χ1v) is 10.2. The topological polar surface area (TPSA) is 56.3 Å². The smallest absolute Gasteiger partial charge is 0.169 e. The average Bonchev–Trinajstić information content (AvgIpc) is 2.74. The van der Waals surface area contributed by atoms with Gasteiger partial charge in [0, 0.05) is 28.8 Å². The number of hydrogen-bond donors (Lipinski definition) is 1. The van der Waals surface area contributed by atoms with Crippen molar-refractivity contribution in [1.82, 2.24) is 9.97 Å². The summed E-state index contributed by atoms with van der Waals surface area (Å²) in [4.78, 5) is 8.84. The number of nitrogens with zero attached hydrogens (tertiary/aromatic N) is 2. The van der Waals surface area contributed by atoms with Crippen LogP contribution in [0.25, 0.3) is 10.9 Å². The lowest BCUT2D eigenvalue weighted by atomic mass is 10.2. The van der Waals surface area contributed by atoms with Crippen molar-refractivity contribution in [3.63, 3.8) is 0 Å². The fraction of sp³-hybridized carbons (Fsp3) is 0.167. The molecule has 0 amide bonds. The Balaban J connectivity index is 1.58. The van der Waals surface area contributed by atoms with Crippen LogP contribution in [0, 0.1) is 6.92 Å². The van der Waals surface area contributed by atoms with Gasteiger partial charge >= 0.3 is 0 Å². The molecule has 0 bridgehead atoms. The molecule has 30 heavy (non-hydrogen) atoms. The van der Waals surface area contributed by atoms with Crippen LogP contribution in [-0.4, -0.2) is 16.6 Å². The predicted molar refractivity (Wildman–Crippen MR) is 121 cm³/mol. The molecule has 0 unspecified atom stereocenters. The first-order valence-electron chi connectivity index (χ1n) is 9.78. The number of aromatic nitrogens is 2. The van der Waals surface area contributed by atoms with Crippen molar-refractivity contribution >= 4 is 28.3 Å². The van der Waals surface area contributed by atoms with E-state index in [-0.39, 0.29) is 0 Å². The third-order valence-electron chi connectivity index (χ3n) is 4.55. The number of hydrogen-bond acceptors (Lipinski definition) is 5. The van der Waals surface area contributed by atoms with Crippen molar-refractivity contribution in [1.29, 1.82) is 0 Å². The summed E-state index contributed by atoms with van der Waals surface area (Å²) < 4.78 is 12.1. The van der Waals surface area contributed by atoms with Gasteiger partial charge < -0.3 is 14.8 Å². The zero-order chi connectivity index (χ0) is 20.9. The summed E-state index contributed by atoms with van der Waals surface area (Å²) in [5.74, 6) is 2.88. The second-order valence-corrected chi connectivity index (χ2v) is 7.24. The molecule has 2 heterocycles. The minimum Gasteiger partial charge on any atom is -0.490 e. The molecule has 4 rings (SSSR count). The molecule has 2 aromatic carbocycles. The van der Waals surface area contributed by atoms with Crippen LogP contribution in [0.1, 0.15) is 18.2 Å². The van der Waals surface area contributed by atoms with Crippen molar-refractivity contribution in [3.8, 4) is 17.2 Å². The minimum absolute atomic E-state index is 0.541. The Kier molecular flexibility index (Phi) is 6.00. The minimum atomic E-state index is 0.541. The normalized spacial score (nSPS) is 10.8. The Morgan fingerprint density at radius 1 is 0.967 bits per heavy atom. The highest BCUT2D eigenvalue weighted by atomic mass is 35.5. The van der Waals surface area contributed by atoms with E-state index in [1.54, 1.807) is 6.20 Å². The molecule has 4 aromatic rings. The number of nitrogens with one attached hydrogen (secondary N) is 1. The molecule has 0 saturated heterocycles. The lowest BCUT2D eigenvalue weighted by Gasteiger charge is -2.15. The van der Waals surface area contributed by atoms with E-state index in [2.05, 4.69) is 15.3 Å². The number of halogens is 1. The maximum atomic E-state index is 6.21. The van der Waals surface area contributed by atoms with Crippen LogP contribution >= 0.6 is 11.6 Å². The van der Waals surface area contributed by atoms with Gasteiger partial charge in [-0.05, 0) is 67.9 Å². The van der Waals surface area contributed by atoms with Crippen molar-refractivity contribution in [2.24, 2.45) is 0 Å². The fourth-order valence-electron chi connectivity index (χ4n) is 3.15. The third-order valence-corrected chi connectivity index (χ3v) is 4.79. The SMILES string of the molecule is CCOc1cc(CNc2cccc(C)n2)ccc1Oc1ccnc2cc(Cl)ccc12. The zero-order valence-corrected chi connectivity index (χ0v) is 17.6. The molecule has 0 aliphatic heterocycles. The fourth-order valence-corrected chi connectivity index (χ4v) is 3.32. The van der Waals surface area contributed by atoms with Gasteiger partial charge in [0.2, 0.25) is 0 Å². The van der Waals surface area contributed by atoms with Crippen LogP contribution in [0.4, 0.5) is 5.82 Å². The maximum Gasteiger partial charge on any atom is 0.169 e. The van der Waals surface area contributed by atoms with Crippen LogP contribution in [0.5, 0.6) is 17.2 Å². The summed E-state index contributed by atoms with van der Waals surface area (Å²) in [6.45, 7) is 5.10. The average molecular weight is 420 g/mol. The van der Waals surface area contributed by atoms with Crippen LogP contribution in [0.2, 0.25) is 5.02 Å².